The number of carboxylic acids is 1. The molecule has 1 amide bonds. The summed E-state index contributed by atoms with van der Waals surface area (Å²) in [6.45, 7) is 0. The largest absolute Gasteiger partial charge is 0.480 e. The van der Waals surface area contributed by atoms with Crippen LogP contribution < -0.4 is 5.32 Å². The number of thiazole rings is 1. The number of carboxylic acid groups (broad SMARTS) is 1. The van der Waals surface area contributed by atoms with Gasteiger partial charge in [-0.15, -0.1) is 11.3 Å². The average Bonchev–Trinajstić information content (AvgIpc) is 3.16. The van der Waals surface area contributed by atoms with Crippen molar-refractivity contribution in [3.8, 4) is 10.6 Å². The van der Waals surface area contributed by atoms with E-state index < -0.39 is 17.4 Å². The lowest BCUT2D eigenvalue weighted by Gasteiger charge is -2.28. The number of hydrogen-bond donors (Lipinski definition) is 2. The van der Waals surface area contributed by atoms with Gasteiger partial charge in [-0.25, -0.2) is 9.78 Å². The minimum Gasteiger partial charge on any atom is -0.480 e. The first-order valence-corrected chi connectivity index (χ1v) is 8.53. The Kier molecular flexibility index (Phi) is 4.47. The standard InChI is InChI=1S/C16H18N2O4S/c19-13(12-10-23-14(17-12)11-5-8-22-9-11)18-16(15(20)21)6-3-1-2-4-7-16/h5,8-10H,1-4,6-7H2,(H,18,19)(H,20,21). The van der Waals surface area contributed by atoms with E-state index in [-0.39, 0.29) is 5.69 Å². The normalized spacial score (nSPS) is 17.4. The molecule has 7 heteroatoms. The first kappa shape index (κ1) is 15.7. The molecule has 0 radical (unpaired) electrons. The van der Waals surface area contributed by atoms with E-state index in [1.54, 1.807) is 24.0 Å². The van der Waals surface area contributed by atoms with Crippen molar-refractivity contribution in [1.82, 2.24) is 10.3 Å². The topological polar surface area (TPSA) is 92.4 Å². The molecule has 2 aromatic heterocycles. The van der Waals surface area contributed by atoms with E-state index in [1.165, 1.54) is 11.3 Å². The van der Waals surface area contributed by atoms with Crippen LogP contribution in [0.15, 0.2) is 28.4 Å². The summed E-state index contributed by atoms with van der Waals surface area (Å²) in [4.78, 5) is 28.5. The van der Waals surface area contributed by atoms with Gasteiger partial charge in [-0.05, 0) is 18.9 Å². The van der Waals surface area contributed by atoms with Crippen LogP contribution in [0.3, 0.4) is 0 Å². The number of hydrogen-bond acceptors (Lipinski definition) is 5. The predicted octanol–water partition coefficient (Wildman–Crippen LogP) is 3.31. The summed E-state index contributed by atoms with van der Waals surface area (Å²) in [6.07, 6.45) is 7.66. The van der Waals surface area contributed by atoms with Gasteiger partial charge in [0.25, 0.3) is 5.91 Å². The molecule has 3 rings (SSSR count). The maximum Gasteiger partial charge on any atom is 0.329 e. The summed E-state index contributed by atoms with van der Waals surface area (Å²) >= 11 is 1.33. The lowest BCUT2D eigenvalue weighted by Crippen LogP contribution is -2.54. The number of aromatic nitrogens is 1. The Labute approximate surface area is 137 Å². The fraction of sp³-hybridized carbons (Fsp3) is 0.438. The van der Waals surface area contributed by atoms with Gasteiger partial charge < -0.3 is 14.8 Å². The quantitative estimate of drug-likeness (QED) is 0.837. The SMILES string of the molecule is O=C(NC1(C(=O)O)CCCCCC1)c1csc(-c2ccoc2)n1. The number of nitrogens with one attached hydrogen (secondary N) is 1. The van der Waals surface area contributed by atoms with Crippen molar-refractivity contribution in [1.29, 1.82) is 0 Å². The third-order valence-electron chi connectivity index (χ3n) is 4.22. The molecule has 0 spiro atoms. The van der Waals surface area contributed by atoms with Crippen molar-refractivity contribution in [2.75, 3.05) is 0 Å². The van der Waals surface area contributed by atoms with Gasteiger partial charge in [0.15, 0.2) is 0 Å². The van der Waals surface area contributed by atoms with Gasteiger partial charge in [-0.1, -0.05) is 25.7 Å². The summed E-state index contributed by atoms with van der Waals surface area (Å²) < 4.78 is 5.01. The molecule has 0 aliphatic heterocycles. The smallest absolute Gasteiger partial charge is 0.329 e. The Hall–Kier alpha value is -2.15. The second kappa shape index (κ2) is 6.54. The van der Waals surface area contributed by atoms with Crippen molar-refractivity contribution in [3.05, 3.63) is 29.7 Å². The molecule has 2 N–H and O–H groups in total. The maximum absolute atomic E-state index is 12.5. The zero-order chi connectivity index (χ0) is 16.3. The van der Waals surface area contributed by atoms with E-state index in [4.69, 9.17) is 4.42 Å². The van der Waals surface area contributed by atoms with Crippen molar-refractivity contribution in [3.63, 3.8) is 0 Å². The summed E-state index contributed by atoms with van der Waals surface area (Å²) in [5.41, 5.74) is -0.125. The molecule has 0 aromatic carbocycles. The second-order valence-corrected chi connectivity index (χ2v) is 6.66. The number of carbonyl (C=O) groups excluding carboxylic acids is 1. The number of nitrogens with zero attached hydrogens (tertiary/aromatic N) is 1. The Bertz CT molecular complexity index is 685. The van der Waals surface area contributed by atoms with E-state index in [0.717, 1.165) is 31.2 Å². The van der Waals surface area contributed by atoms with Gasteiger partial charge in [0.2, 0.25) is 0 Å². The number of carbonyl (C=O) groups is 2. The molecular weight excluding hydrogens is 316 g/mol. The molecule has 1 saturated carbocycles. The Morgan fingerprint density at radius 1 is 1.26 bits per heavy atom. The minimum absolute atomic E-state index is 0.246. The molecule has 0 unspecified atom stereocenters. The Morgan fingerprint density at radius 3 is 2.61 bits per heavy atom. The van der Waals surface area contributed by atoms with E-state index >= 15 is 0 Å². The molecule has 1 aliphatic carbocycles. The maximum atomic E-state index is 12.5. The molecule has 122 valence electrons. The van der Waals surface area contributed by atoms with Crippen LogP contribution in [0.2, 0.25) is 0 Å². The highest BCUT2D eigenvalue weighted by atomic mass is 32.1. The van der Waals surface area contributed by atoms with Crippen molar-refractivity contribution >= 4 is 23.2 Å². The predicted molar refractivity (Wildman–Crippen MR) is 85.4 cm³/mol. The van der Waals surface area contributed by atoms with Crippen LogP contribution in [0.1, 0.15) is 49.0 Å². The molecule has 23 heavy (non-hydrogen) atoms. The van der Waals surface area contributed by atoms with Gasteiger partial charge in [-0.3, -0.25) is 4.79 Å². The third-order valence-corrected chi connectivity index (χ3v) is 5.12. The fourth-order valence-electron chi connectivity index (χ4n) is 2.90. The van der Waals surface area contributed by atoms with Gasteiger partial charge in [0, 0.05) is 10.9 Å². The Balaban J connectivity index is 1.78. The van der Waals surface area contributed by atoms with Crippen LogP contribution >= 0.6 is 11.3 Å². The molecule has 1 fully saturated rings. The molecule has 2 heterocycles. The van der Waals surface area contributed by atoms with Gasteiger partial charge in [-0.2, -0.15) is 0 Å². The first-order valence-electron chi connectivity index (χ1n) is 7.65. The highest BCUT2D eigenvalue weighted by Gasteiger charge is 2.40. The van der Waals surface area contributed by atoms with Crippen LogP contribution in [-0.2, 0) is 4.79 Å². The minimum atomic E-state index is -1.17. The van der Waals surface area contributed by atoms with Crippen LogP contribution in [0.25, 0.3) is 10.6 Å². The molecule has 0 bridgehead atoms. The van der Waals surface area contributed by atoms with Gasteiger partial charge in [0.05, 0.1) is 6.26 Å². The molecule has 6 nitrogen and oxygen atoms in total. The zero-order valence-corrected chi connectivity index (χ0v) is 13.4. The highest BCUT2D eigenvalue weighted by Crippen LogP contribution is 2.29. The lowest BCUT2D eigenvalue weighted by atomic mass is 9.90. The molecule has 1 aliphatic rings. The van der Waals surface area contributed by atoms with E-state index in [1.807, 2.05) is 0 Å². The molecule has 0 saturated heterocycles. The summed E-state index contributed by atoms with van der Waals surface area (Å²) in [7, 11) is 0. The Morgan fingerprint density at radius 2 is 2.00 bits per heavy atom. The van der Waals surface area contributed by atoms with Gasteiger partial charge >= 0.3 is 5.97 Å². The van der Waals surface area contributed by atoms with Crippen LogP contribution in [0, 0.1) is 0 Å². The van der Waals surface area contributed by atoms with Gasteiger partial charge in [0.1, 0.15) is 22.5 Å². The number of aliphatic carboxylic acids is 1. The number of rotatable bonds is 4. The molecule has 2 aromatic rings. The van der Waals surface area contributed by atoms with Crippen LogP contribution in [0.5, 0.6) is 0 Å². The summed E-state index contributed by atoms with van der Waals surface area (Å²) in [5, 5.41) is 14.7. The van der Waals surface area contributed by atoms with Crippen LogP contribution in [0.4, 0.5) is 0 Å². The van der Waals surface area contributed by atoms with Crippen molar-refractivity contribution < 1.29 is 19.1 Å². The summed E-state index contributed by atoms with van der Waals surface area (Å²) in [6, 6.07) is 1.77. The average molecular weight is 334 g/mol. The number of amides is 1. The van der Waals surface area contributed by atoms with E-state index in [2.05, 4.69) is 10.3 Å². The highest BCUT2D eigenvalue weighted by molar-refractivity contribution is 7.13. The first-order chi connectivity index (χ1) is 11.1. The molecule has 0 atom stereocenters. The van der Waals surface area contributed by atoms with Crippen LogP contribution in [-0.4, -0.2) is 27.5 Å². The second-order valence-electron chi connectivity index (χ2n) is 5.81. The van der Waals surface area contributed by atoms with Crippen molar-refractivity contribution in [2.24, 2.45) is 0 Å². The lowest BCUT2D eigenvalue weighted by molar-refractivity contribution is -0.145. The monoisotopic (exact) mass is 334 g/mol. The zero-order valence-electron chi connectivity index (χ0n) is 12.6. The summed E-state index contributed by atoms with van der Waals surface area (Å²) in [5.74, 6) is -1.39. The van der Waals surface area contributed by atoms with E-state index in [9.17, 15) is 14.7 Å². The number of furan rings is 1. The fourth-order valence-corrected chi connectivity index (χ4v) is 3.69. The third kappa shape index (κ3) is 3.29. The van der Waals surface area contributed by atoms with Crippen molar-refractivity contribution in [2.45, 2.75) is 44.1 Å². The van der Waals surface area contributed by atoms with E-state index in [0.29, 0.717) is 17.8 Å². The molecular formula is C16H18N2O4S.